The maximum atomic E-state index is 12.8. The fourth-order valence-electron chi connectivity index (χ4n) is 4.33. The number of esters is 1. The van der Waals surface area contributed by atoms with Crippen LogP contribution in [0.25, 0.3) is 0 Å². The number of benzene rings is 2. The van der Waals surface area contributed by atoms with Crippen molar-refractivity contribution in [1.29, 1.82) is 0 Å². The van der Waals surface area contributed by atoms with Gasteiger partial charge in [0.1, 0.15) is 5.75 Å². The van der Waals surface area contributed by atoms with Crippen molar-refractivity contribution in [1.82, 2.24) is 10.2 Å². The average molecular weight is 422 g/mol. The van der Waals surface area contributed by atoms with E-state index in [0.29, 0.717) is 23.4 Å². The predicted octanol–water partition coefficient (Wildman–Crippen LogP) is 2.94. The van der Waals surface area contributed by atoms with Crippen molar-refractivity contribution in [3.8, 4) is 5.75 Å². The summed E-state index contributed by atoms with van der Waals surface area (Å²) in [5.41, 5.74) is 2.04. The van der Waals surface area contributed by atoms with Gasteiger partial charge in [-0.1, -0.05) is 24.3 Å². The summed E-state index contributed by atoms with van der Waals surface area (Å²) >= 11 is 0. The molecule has 31 heavy (non-hydrogen) atoms. The highest BCUT2D eigenvalue weighted by Crippen LogP contribution is 2.31. The van der Waals surface area contributed by atoms with Gasteiger partial charge in [0.2, 0.25) is 0 Å². The third-order valence-electron chi connectivity index (χ3n) is 5.91. The molecule has 0 bridgehead atoms. The zero-order valence-corrected chi connectivity index (χ0v) is 17.5. The van der Waals surface area contributed by atoms with Crippen LogP contribution in [-0.2, 0) is 16.1 Å². The van der Waals surface area contributed by atoms with Gasteiger partial charge in [-0.15, -0.1) is 0 Å². The summed E-state index contributed by atoms with van der Waals surface area (Å²) in [6, 6.07) is 14.7. The zero-order valence-electron chi connectivity index (χ0n) is 17.5. The fraction of sp³-hybridized carbons (Fsp3) is 0.375. The number of carbonyl (C=O) groups is 3. The molecular weight excluding hydrogens is 396 g/mol. The van der Waals surface area contributed by atoms with Crippen molar-refractivity contribution < 1.29 is 23.9 Å². The van der Waals surface area contributed by atoms with Gasteiger partial charge in [0.15, 0.2) is 6.61 Å². The van der Waals surface area contributed by atoms with Crippen LogP contribution in [0.4, 0.5) is 0 Å². The van der Waals surface area contributed by atoms with Crippen molar-refractivity contribution in [3.05, 3.63) is 65.2 Å². The normalized spacial score (nSPS) is 20.5. The van der Waals surface area contributed by atoms with Gasteiger partial charge < -0.3 is 14.8 Å². The van der Waals surface area contributed by atoms with E-state index in [2.05, 4.69) is 10.1 Å². The Bertz CT molecular complexity index is 954. The molecule has 2 aromatic rings. The molecule has 1 fully saturated rings. The topological polar surface area (TPSA) is 84.9 Å². The van der Waals surface area contributed by atoms with Crippen molar-refractivity contribution in [3.63, 3.8) is 0 Å². The number of rotatable bonds is 7. The highest BCUT2D eigenvalue weighted by atomic mass is 16.6. The number of hydrogen-bond donors (Lipinski definition) is 1. The van der Waals surface area contributed by atoms with Crippen LogP contribution < -0.4 is 10.1 Å². The number of ether oxygens (including phenoxy) is 2. The summed E-state index contributed by atoms with van der Waals surface area (Å²) in [6.07, 6.45) is 3.53. The van der Waals surface area contributed by atoms with Crippen LogP contribution in [0.5, 0.6) is 5.75 Å². The van der Waals surface area contributed by atoms with Gasteiger partial charge in [-0.2, -0.15) is 0 Å². The summed E-state index contributed by atoms with van der Waals surface area (Å²) < 4.78 is 10.0. The van der Waals surface area contributed by atoms with Crippen molar-refractivity contribution in [2.45, 2.75) is 44.3 Å². The lowest BCUT2D eigenvalue weighted by Gasteiger charge is -2.34. The van der Waals surface area contributed by atoms with Gasteiger partial charge >= 0.3 is 5.97 Å². The van der Waals surface area contributed by atoms with Crippen molar-refractivity contribution in [2.24, 2.45) is 0 Å². The molecule has 0 aromatic heterocycles. The molecular formula is C24H26N2O5. The molecule has 2 atom stereocenters. The predicted molar refractivity (Wildman–Crippen MR) is 114 cm³/mol. The largest absolute Gasteiger partial charge is 0.482 e. The second kappa shape index (κ2) is 9.31. The third kappa shape index (κ3) is 4.61. The third-order valence-corrected chi connectivity index (χ3v) is 5.91. The van der Waals surface area contributed by atoms with E-state index in [4.69, 9.17) is 4.74 Å². The number of nitrogens with zero attached hydrogens (tertiary/aromatic N) is 1. The molecule has 2 aromatic carbocycles. The van der Waals surface area contributed by atoms with E-state index in [0.717, 1.165) is 31.2 Å². The van der Waals surface area contributed by atoms with Crippen molar-refractivity contribution in [2.75, 3.05) is 13.7 Å². The first-order chi connectivity index (χ1) is 15.1. The molecule has 7 nitrogen and oxygen atoms in total. The quantitative estimate of drug-likeness (QED) is 0.546. The Labute approximate surface area is 181 Å². The molecule has 1 N–H and O–H groups in total. The molecule has 4 rings (SSSR count). The standard InChI is InChI=1S/C24H26N2O5/c1-30-22(27)15-31-19-9-4-6-16(12-19)14-25-17-7-5-8-18(13-17)26-23(28)20-10-2-3-11-21(20)24(26)29/h2-4,6,9-12,17-18,25H,5,7-8,13-15H2,1H3/t17-,18+/m0/s1. The second-order valence-electron chi connectivity index (χ2n) is 7.94. The molecule has 1 saturated carbocycles. The van der Waals surface area contributed by atoms with E-state index in [1.807, 2.05) is 18.2 Å². The smallest absolute Gasteiger partial charge is 0.343 e. The number of carbonyl (C=O) groups excluding carboxylic acids is 3. The first kappa shape index (κ1) is 21.1. The number of hydrogen-bond acceptors (Lipinski definition) is 6. The van der Waals surface area contributed by atoms with E-state index in [1.165, 1.54) is 12.0 Å². The number of nitrogens with one attached hydrogen (secondary N) is 1. The van der Waals surface area contributed by atoms with E-state index in [9.17, 15) is 14.4 Å². The van der Waals surface area contributed by atoms with Crippen LogP contribution in [0.15, 0.2) is 48.5 Å². The van der Waals surface area contributed by atoms with Gasteiger partial charge in [-0.3, -0.25) is 14.5 Å². The minimum absolute atomic E-state index is 0.0895. The Morgan fingerprint density at radius 3 is 2.52 bits per heavy atom. The molecule has 2 amide bonds. The lowest BCUT2D eigenvalue weighted by Crippen LogP contribution is -2.46. The maximum absolute atomic E-state index is 12.8. The second-order valence-corrected chi connectivity index (χ2v) is 7.94. The SMILES string of the molecule is COC(=O)COc1cccc(CN[C@H]2CCC[C@@H](N3C(=O)c4ccccc4C3=O)C2)c1. The lowest BCUT2D eigenvalue weighted by atomic mass is 9.89. The van der Waals surface area contributed by atoms with Gasteiger partial charge in [0.25, 0.3) is 11.8 Å². The lowest BCUT2D eigenvalue weighted by molar-refractivity contribution is -0.142. The van der Waals surface area contributed by atoms with Gasteiger partial charge in [0, 0.05) is 18.6 Å². The molecule has 0 unspecified atom stereocenters. The van der Waals surface area contributed by atoms with Crippen LogP contribution >= 0.6 is 0 Å². The van der Waals surface area contributed by atoms with Crippen LogP contribution in [0.1, 0.15) is 52.0 Å². The number of methoxy groups -OCH3 is 1. The molecule has 1 aliphatic carbocycles. The molecule has 0 radical (unpaired) electrons. The Morgan fingerprint density at radius 2 is 1.81 bits per heavy atom. The van der Waals surface area contributed by atoms with E-state index < -0.39 is 5.97 Å². The highest BCUT2D eigenvalue weighted by Gasteiger charge is 2.41. The van der Waals surface area contributed by atoms with Gasteiger partial charge in [-0.25, -0.2) is 4.79 Å². The van der Waals surface area contributed by atoms with E-state index >= 15 is 0 Å². The monoisotopic (exact) mass is 422 g/mol. The summed E-state index contributed by atoms with van der Waals surface area (Å²) in [5, 5.41) is 3.55. The fourth-order valence-corrected chi connectivity index (χ4v) is 4.33. The summed E-state index contributed by atoms with van der Waals surface area (Å²) in [7, 11) is 1.32. The summed E-state index contributed by atoms with van der Waals surface area (Å²) in [4.78, 5) is 38.3. The first-order valence-electron chi connectivity index (χ1n) is 10.6. The molecule has 2 aliphatic rings. The maximum Gasteiger partial charge on any atom is 0.343 e. The Balaban J connectivity index is 1.35. The molecule has 0 spiro atoms. The van der Waals surface area contributed by atoms with Crippen LogP contribution in [0, 0.1) is 0 Å². The molecule has 1 heterocycles. The molecule has 7 heteroatoms. The molecule has 0 saturated heterocycles. The van der Waals surface area contributed by atoms with Gasteiger partial charge in [0.05, 0.1) is 18.2 Å². The minimum Gasteiger partial charge on any atom is -0.482 e. The van der Waals surface area contributed by atoms with Gasteiger partial charge in [-0.05, 0) is 55.5 Å². The number of amides is 2. The summed E-state index contributed by atoms with van der Waals surface area (Å²) in [5.74, 6) is -0.175. The van der Waals surface area contributed by atoms with Crippen LogP contribution in [0.2, 0.25) is 0 Å². The first-order valence-corrected chi connectivity index (χ1v) is 10.6. The average Bonchev–Trinajstić information content (AvgIpc) is 3.06. The molecule has 162 valence electrons. The van der Waals surface area contributed by atoms with E-state index in [1.54, 1.807) is 30.3 Å². The summed E-state index contributed by atoms with van der Waals surface area (Å²) in [6.45, 7) is 0.507. The van der Waals surface area contributed by atoms with Crippen LogP contribution in [0.3, 0.4) is 0 Å². The Hall–Kier alpha value is -3.19. The Kier molecular flexibility index (Phi) is 6.32. The number of imide groups is 1. The number of fused-ring (bicyclic) bond motifs is 1. The van der Waals surface area contributed by atoms with E-state index in [-0.39, 0.29) is 30.5 Å². The van der Waals surface area contributed by atoms with Crippen LogP contribution in [-0.4, -0.2) is 48.5 Å². The zero-order chi connectivity index (χ0) is 21.8. The minimum atomic E-state index is -0.426. The highest BCUT2D eigenvalue weighted by molar-refractivity contribution is 6.21. The Morgan fingerprint density at radius 1 is 1.06 bits per heavy atom. The van der Waals surface area contributed by atoms with Crippen molar-refractivity contribution >= 4 is 17.8 Å². The molecule has 1 aliphatic heterocycles.